The Morgan fingerprint density at radius 2 is 2.21 bits per heavy atom. The molecule has 0 saturated carbocycles. The third-order valence-electron chi connectivity index (χ3n) is 3.42. The molecule has 2 heterocycles. The summed E-state index contributed by atoms with van der Waals surface area (Å²) in [7, 11) is 0. The molecule has 2 aromatic rings. The average Bonchev–Trinajstić information content (AvgIpc) is 2.88. The summed E-state index contributed by atoms with van der Waals surface area (Å²) < 4.78 is 5.83. The van der Waals surface area contributed by atoms with Gasteiger partial charge in [-0.15, -0.1) is 0 Å². The first-order valence-corrected chi connectivity index (χ1v) is 6.77. The monoisotopic (exact) mass is 257 g/mol. The molecule has 1 aromatic carbocycles. The van der Waals surface area contributed by atoms with E-state index in [0.717, 1.165) is 43.4 Å². The van der Waals surface area contributed by atoms with E-state index in [9.17, 15) is 0 Å². The Labute approximate surface area is 113 Å². The summed E-state index contributed by atoms with van der Waals surface area (Å²) in [6.45, 7) is 6.12. The topological polar surface area (TPSA) is 41.3 Å². The molecule has 1 aliphatic heterocycles. The smallest absolute Gasteiger partial charge is 0.209 e. The third kappa shape index (κ3) is 3.03. The van der Waals surface area contributed by atoms with Crippen molar-refractivity contribution >= 4 is 0 Å². The first-order chi connectivity index (χ1) is 9.31. The van der Waals surface area contributed by atoms with Crippen molar-refractivity contribution in [3.63, 3.8) is 0 Å². The fraction of sp³-hybridized carbons (Fsp3) is 0.400. The van der Waals surface area contributed by atoms with Crippen LogP contribution in [-0.2, 0) is 6.54 Å². The zero-order valence-electron chi connectivity index (χ0n) is 11.2. The number of hydrogen-bond donors (Lipinski definition) is 1. The molecule has 1 fully saturated rings. The highest BCUT2D eigenvalue weighted by Crippen LogP contribution is 2.20. The molecule has 1 unspecified atom stereocenters. The van der Waals surface area contributed by atoms with Gasteiger partial charge in [-0.1, -0.05) is 30.3 Å². The van der Waals surface area contributed by atoms with Crippen LogP contribution >= 0.6 is 0 Å². The van der Waals surface area contributed by atoms with Crippen molar-refractivity contribution in [3.05, 3.63) is 42.4 Å². The highest BCUT2D eigenvalue weighted by Gasteiger charge is 2.17. The van der Waals surface area contributed by atoms with Crippen LogP contribution in [-0.4, -0.2) is 35.6 Å². The van der Waals surface area contributed by atoms with Gasteiger partial charge in [0.05, 0.1) is 12.7 Å². The molecule has 0 aliphatic carbocycles. The Kier molecular flexibility index (Phi) is 3.62. The number of benzene rings is 1. The maximum absolute atomic E-state index is 5.83. The normalized spacial score (nSPS) is 20.6. The van der Waals surface area contributed by atoms with Crippen molar-refractivity contribution in [2.45, 2.75) is 19.5 Å². The molecular weight excluding hydrogens is 238 g/mol. The fourth-order valence-corrected chi connectivity index (χ4v) is 2.47. The molecular formula is C15H19N3O. The van der Waals surface area contributed by atoms with Gasteiger partial charge in [0.2, 0.25) is 5.89 Å². The van der Waals surface area contributed by atoms with Crippen molar-refractivity contribution < 1.29 is 4.42 Å². The Morgan fingerprint density at radius 3 is 3.00 bits per heavy atom. The van der Waals surface area contributed by atoms with Gasteiger partial charge in [0.25, 0.3) is 0 Å². The Hall–Kier alpha value is -1.65. The van der Waals surface area contributed by atoms with Gasteiger partial charge in [0, 0.05) is 31.2 Å². The van der Waals surface area contributed by atoms with Crippen molar-refractivity contribution in [2.75, 3.05) is 19.6 Å². The lowest BCUT2D eigenvalue weighted by Gasteiger charge is -2.30. The Morgan fingerprint density at radius 1 is 1.37 bits per heavy atom. The highest BCUT2D eigenvalue weighted by molar-refractivity contribution is 5.55. The highest BCUT2D eigenvalue weighted by atomic mass is 16.4. The average molecular weight is 257 g/mol. The molecule has 1 N–H and O–H groups in total. The molecule has 0 amide bonds. The largest absolute Gasteiger partial charge is 0.439 e. The van der Waals surface area contributed by atoms with E-state index in [4.69, 9.17) is 4.42 Å². The number of hydrogen-bond acceptors (Lipinski definition) is 4. The van der Waals surface area contributed by atoms with Crippen LogP contribution in [0.15, 0.2) is 40.9 Å². The maximum atomic E-state index is 5.83. The van der Waals surface area contributed by atoms with Crippen LogP contribution in [0.25, 0.3) is 11.3 Å². The van der Waals surface area contributed by atoms with Crippen LogP contribution in [0.2, 0.25) is 0 Å². The van der Waals surface area contributed by atoms with Crippen LogP contribution in [0.1, 0.15) is 12.8 Å². The second-order valence-corrected chi connectivity index (χ2v) is 5.07. The van der Waals surface area contributed by atoms with Crippen LogP contribution in [0.3, 0.4) is 0 Å². The van der Waals surface area contributed by atoms with Crippen molar-refractivity contribution in [1.82, 2.24) is 15.2 Å². The van der Waals surface area contributed by atoms with E-state index in [0.29, 0.717) is 6.04 Å². The molecule has 3 rings (SSSR count). The van der Waals surface area contributed by atoms with Gasteiger partial charge in [-0.3, -0.25) is 4.90 Å². The van der Waals surface area contributed by atoms with E-state index in [-0.39, 0.29) is 0 Å². The molecule has 0 radical (unpaired) electrons. The van der Waals surface area contributed by atoms with Crippen molar-refractivity contribution in [3.8, 4) is 11.3 Å². The number of aromatic nitrogens is 1. The quantitative estimate of drug-likeness (QED) is 0.914. The summed E-state index contributed by atoms with van der Waals surface area (Å²) in [4.78, 5) is 6.76. The number of oxazole rings is 1. The van der Waals surface area contributed by atoms with Crippen LogP contribution < -0.4 is 5.32 Å². The second-order valence-electron chi connectivity index (χ2n) is 5.07. The summed E-state index contributed by atoms with van der Waals surface area (Å²) in [5, 5.41) is 3.44. The lowest BCUT2D eigenvalue weighted by molar-refractivity contribution is 0.184. The third-order valence-corrected chi connectivity index (χ3v) is 3.42. The molecule has 4 heteroatoms. The zero-order chi connectivity index (χ0) is 13.1. The summed E-state index contributed by atoms with van der Waals surface area (Å²) in [6.07, 6.45) is 1.82. The van der Waals surface area contributed by atoms with Gasteiger partial charge in [0.1, 0.15) is 0 Å². The molecule has 0 spiro atoms. The predicted octanol–water partition coefficient (Wildman–Crippen LogP) is 2.14. The maximum Gasteiger partial charge on any atom is 0.209 e. The standard InChI is InChI=1S/C15H19N3O/c1-12-10-18(8-7-16-12)11-15-17-9-14(19-15)13-5-3-2-4-6-13/h2-6,9,12,16H,7-8,10-11H2,1H3. The Balaban J connectivity index is 1.68. The Bertz CT molecular complexity index is 523. The minimum absolute atomic E-state index is 0.539. The lowest BCUT2D eigenvalue weighted by atomic mass is 10.2. The summed E-state index contributed by atoms with van der Waals surface area (Å²) in [5.74, 6) is 1.65. The molecule has 0 bridgehead atoms. The van der Waals surface area contributed by atoms with E-state index in [2.05, 4.69) is 22.1 Å². The van der Waals surface area contributed by atoms with E-state index >= 15 is 0 Å². The number of rotatable bonds is 3. The first kappa shape index (κ1) is 12.4. The van der Waals surface area contributed by atoms with Gasteiger partial charge >= 0.3 is 0 Å². The first-order valence-electron chi connectivity index (χ1n) is 6.77. The fourth-order valence-electron chi connectivity index (χ4n) is 2.47. The van der Waals surface area contributed by atoms with E-state index < -0.39 is 0 Å². The minimum Gasteiger partial charge on any atom is -0.439 e. The van der Waals surface area contributed by atoms with Gasteiger partial charge in [-0.25, -0.2) is 4.98 Å². The molecule has 19 heavy (non-hydrogen) atoms. The molecule has 1 aromatic heterocycles. The van der Waals surface area contributed by atoms with Crippen molar-refractivity contribution in [2.24, 2.45) is 0 Å². The van der Waals surface area contributed by atoms with E-state index in [1.165, 1.54) is 0 Å². The molecule has 1 atom stereocenters. The zero-order valence-corrected chi connectivity index (χ0v) is 11.2. The van der Waals surface area contributed by atoms with E-state index in [1.807, 2.05) is 36.5 Å². The number of nitrogens with one attached hydrogen (secondary N) is 1. The van der Waals surface area contributed by atoms with Gasteiger partial charge in [0.15, 0.2) is 5.76 Å². The summed E-state index contributed by atoms with van der Waals surface area (Å²) in [6, 6.07) is 10.6. The van der Waals surface area contributed by atoms with Crippen LogP contribution in [0, 0.1) is 0 Å². The molecule has 1 saturated heterocycles. The van der Waals surface area contributed by atoms with Gasteiger partial charge in [-0.05, 0) is 6.92 Å². The number of nitrogens with zero attached hydrogens (tertiary/aromatic N) is 2. The summed E-state index contributed by atoms with van der Waals surface area (Å²) in [5.41, 5.74) is 1.08. The van der Waals surface area contributed by atoms with Crippen LogP contribution in [0.4, 0.5) is 0 Å². The van der Waals surface area contributed by atoms with Gasteiger partial charge < -0.3 is 9.73 Å². The summed E-state index contributed by atoms with van der Waals surface area (Å²) >= 11 is 0. The number of piperazine rings is 1. The minimum atomic E-state index is 0.539. The molecule has 4 nitrogen and oxygen atoms in total. The second kappa shape index (κ2) is 5.55. The lowest BCUT2D eigenvalue weighted by Crippen LogP contribution is -2.48. The van der Waals surface area contributed by atoms with Crippen molar-refractivity contribution in [1.29, 1.82) is 0 Å². The predicted molar refractivity (Wildman–Crippen MR) is 74.7 cm³/mol. The van der Waals surface area contributed by atoms with E-state index in [1.54, 1.807) is 0 Å². The molecule has 1 aliphatic rings. The van der Waals surface area contributed by atoms with Crippen LogP contribution in [0.5, 0.6) is 0 Å². The van der Waals surface area contributed by atoms with Gasteiger partial charge in [-0.2, -0.15) is 0 Å². The molecule has 100 valence electrons. The SMILES string of the molecule is CC1CN(Cc2ncc(-c3ccccc3)o2)CCN1.